The molecule has 0 saturated carbocycles. The molecule has 2 atom stereocenters. The van der Waals surface area contributed by atoms with Crippen molar-refractivity contribution < 1.29 is 4.52 Å². The van der Waals surface area contributed by atoms with Crippen molar-refractivity contribution in [2.75, 3.05) is 6.61 Å². The first-order valence-electron chi connectivity index (χ1n) is 4.26. The summed E-state index contributed by atoms with van der Waals surface area (Å²) in [5.41, 5.74) is 0.412. The van der Waals surface area contributed by atoms with E-state index < -0.39 is 0 Å². The molecule has 11 heavy (non-hydrogen) atoms. The van der Waals surface area contributed by atoms with Gasteiger partial charge in [0.15, 0.2) is 0 Å². The highest BCUT2D eigenvalue weighted by Crippen LogP contribution is 2.33. The highest BCUT2D eigenvalue weighted by molar-refractivity contribution is 7.09. The first-order valence-corrected chi connectivity index (χ1v) is 4.73. The number of allylic oxidation sites excluding steroid dienone is 2. The van der Waals surface area contributed by atoms with Crippen LogP contribution in [-0.2, 0) is 4.52 Å². The second kappa shape index (κ2) is 4.23. The van der Waals surface area contributed by atoms with Crippen LogP contribution in [0.15, 0.2) is 12.2 Å². The fourth-order valence-electron chi connectivity index (χ4n) is 1.58. The molecule has 0 amide bonds. The van der Waals surface area contributed by atoms with E-state index in [0.29, 0.717) is 5.41 Å². The zero-order chi connectivity index (χ0) is 8.16. The number of hydrogen-bond acceptors (Lipinski definition) is 1. The van der Waals surface area contributed by atoms with Gasteiger partial charge in [-0.15, -0.1) is 0 Å². The van der Waals surface area contributed by atoms with E-state index in [1.54, 1.807) is 0 Å². The Morgan fingerprint density at radius 3 is 3.00 bits per heavy atom. The predicted octanol–water partition coefficient (Wildman–Crippen LogP) is 2.93. The van der Waals surface area contributed by atoms with Crippen molar-refractivity contribution in [1.82, 2.24) is 0 Å². The molecule has 0 heterocycles. The second-order valence-corrected chi connectivity index (χ2v) is 3.90. The van der Waals surface area contributed by atoms with Crippen molar-refractivity contribution in [3.63, 3.8) is 0 Å². The van der Waals surface area contributed by atoms with Crippen LogP contribution in [0.25, 0.3) is 0 Å². The van der Waals surface area contributed by atoms with Crippen LogP contribution in [-0.4, -0.2) is 6.61 Å². The third kappa shape index (κ3) is 2.92. The van der Waals surface area contributed by atoms with Gasteiger partial charge in [-0.3, -0.25) is 0 Å². The monoisotopic (exact) mass is 172 g/mol. The Balaban J connectivity index is 2.37. The summed E-state index contributed by atoms with van der Waals surface area (Å²) in [6.07, 6.45) is 9.71. The maximum Gasteiger partial charge on any atom is 0.0510 e. The molecule has 64 valence electrons. The van der Waals surface area contributed by atoms with Crippen LogP contribution in [0, 0.1) is 5.41 Å². The standard InChI is InChI=1S/C9H17OP/c1-9(7-8-10-11)5-3-2-4-6-9/h3,5H,2,4,6-8,11H2,1H3. The molecule has 0 aromatic carbocycles. The average molecular weight is 172 g/mol. The second-order valence-electron chi connectivity index (χ2n) is 3.57. The summed E-state index contributed by atoms with van der Waals surface area (Å²) in [6.45, 7) is 3.16. The van der Waals surface area contributed by atoms with Gasteiger partial charge in [0.1, 0.15) is 0 Å². The first kappa shape index (κ1) is 9.22. The molecule has 0 N–H and O–H groups in total. The molecule has 1 aliphatic rings. The lowest BCUT2D eigenvalue weighted by Gasteiger charge is -2.28. The van der Waals surface area contributed by atoms with Gasteiger partial charge >= 0.3 is 0 Å². The normalized spacial score (nSPS) is 30.7. The highest BCUT2D eigenvalue weighted by atomic mass is 31.0. The molecule has 2 heteroatoms. The van der Waals surface area contributed by atoms with E-state index in [4.69, 9.17) is 4.52 Å². The van der Waals surface area contributed by atoms with Crippen LogP contribution in [0.1, 0.15) is 32.6 Å². The van der Waals surface area contributed by atoms with Gasteiger partial charge in [0.2, 0.25) is 0 Å². The molecular formula is C9H17OP. The molecule has 0 aromatic heterocycles. The van der Waals surface area contributed by atoms with Gasteiger partial charge in [-0.1, -0.05) is 19.1 Å². The molecule has 2 unspecified atom stereocenters. The first-order chi connectivity index (χ1) is 5.27. The SMILES string of the molecule is CC1(CCOP)C=CCCC1. The smallest absolute Gasteiger partial charge is 0.0510 e. The summed E-state index contributed by atoms with van der Waals surface area (Å²) in [5, 5.41) is 0. The maximum atomic E-state index is 4.99. The maximum absolute atomic E-state index is 4.99. The van der Waals surface area contributed by atoms with Crippen molar-refractivity contribution in [3.8, 4) is 0 Å². The minimum Gasteiger partial charge on any atom is -0.366 e. The van der Waals surface area contributed by atoms with Gasteiger partial charge in [0, 0.05) is 9.47 Å². The van der Waals surface area contributed by atoms with Crippen molar-refractivity contribution in [2.45, 2.75) is 32.6 Å². The number of hydrogen-bond donors (Lipinski definition) is 0. The topological polar surface area (TPSA) is 9.23 Å². The molecule has 0 aliphatic heterocycles. The average Bonchev–Trinajstić information content (AvgIpc) is 2.03. The molecule has 1 aliphatic carbocycles. The molecule has 0 spiro atoms. The van der Waals surface area contributed by atoms with Gasteiger partial charge in [0.25, 0.3) is 0 Å². The van der Waals surface area contributed by atoms with Crippen molar-refractivity contribution in [2.24, 2.45) is 5.41 Å². The third-order valence-electron chi connectivity index (χ3n) is 2.43. The lowest BCUT2D eigenvalue weighted by atomic mass is 9.78. The largest absolute Gasteiger partial charge is 0.366 e. The van der Waals surface area contributed by atoms with Crippen LogP contribution in [0.3, 0.4) is 0 Å². The lowest BCUT2D eigenvalue weighted by Crippen LogP contribution is -2.17. The lowest BCUT2D eigenvalue weighted by molar-refractivity contribution is 0.256. The van der Waals surface area contributed by atoms with Gasteiger partial charge in [0.05, 0.1) is 6.61 Å². The van der Waals surface area contributed by atoms with Gasteiger partial charge < -0.3 is 4.52 Å². The van der Waals surface area contributed by atoms with E-state index in [0.717, 1.165) is 13.0 Å². The fourth-order valence-corrected chi connectivity index (χ4v) is 1.69. The minimum atomic E-state index is 0.412. The van der Waals surface area contributed by atoms with Crippen molar-refractivity contribution >= 4 is 9.47 Å². The molecule has 0 saturated heterocycles. The Morgan fingerprint density at radius 2 is 2.45 bits per heavy atom. The molecule has 0 fully saturated rings. The molecule has 0 radical (unpaired) electrons. The summed E-state index contributed by atoms with van der Waals surface area (Å²) in [4.78, 5) is 0. The van der Waals surface area contributed by atoms with E-state index in [1.807, 2.05) is 0 Å². The van der Waals surface area contributed by atoms with E-state index in [1.165, 1.54) is 19.3 Å². The summed E-state index contributed by atoms with van der Waals surface area (Å²) < 4.78 is 4.99. The van der Waals surface area contributed by atoms with Crippen LogP contribution < -0.4 is 0 Å². The van der Waals surface area contributed by atoms with Crippen LogP contribution in [0.4, 0.5) is 0 Å². The molecule has 0 aromatic rings. The molecule has 0 bridgehead atoms. The fraction of sp³-hybridized carbons (Fsp3) is 0.778. The Hall–Kier alpha value is 0.130. The summed E-state index contributed by atoms with van der Waals surface area (Å²) in [7, 11) is 2.31. The molecular weight excluding hydrogens is 155 g/mol. The van der Waals surface area contributed by atoms with Crippen LogP contribution >= 0.6 is 9.47 Å². The van der Waals surface area contributed by atoms with Crippen LogP contribution in [0.2, 0.25) is 0 Å². The molecule has 1 nitrogen and oxygen atoms in total. The summed E-state index contributed by atoms with van der Waals surface area (Å²) in [5.74, 6) is 0. The van der Waals surface area contributed by atoms with Crippen molar-refractivity contribution in [3.05, 3.63) is 12.2 Å². The zero-order valence-electron chi connectivity index (χ0n) is 7.18. The Morgan fingerprint density at radius 1 is 1.64 bits per heavy atom. The van der Waals surface area contributed by atoms with E-state index >= 15 is 0 Å². The number of rotatable bonds is 3. The molecule has 1 rings (SSSR count). The minimum absolute atomic E-state index is 0.412. The van der Waals surface area contributed by atoms with Gasteiger partial charge in [-0.25, -0.2) is 0 Å². The Bertz CT molecular complexity index is 144. The Kier molecular flexibility index (Phi) is 3.54. The summed E-state index contributed by atoms with van der Waals surface area (Å²) >= 11 is 0. The predicted molar refractivity (Wildman–Crippen MR) is 51.4 cm³/mol. The summed E-state index contributed by atoms with van der Waals surface area (Å²) in [6, 6.07) is 0. The van der Waals surface area contributed by atoms with E-state index in [2.05, 4.69) is 28.5 Å². The highest BCUT2D eigenvalue weighted by Gasteiger charge is 2.21. The van der Waals surface area contributed by atoms with E-state index in [-0.39, 0.29) is 0 Å². The zero-order valence-corrected chi connectivity index (χ0v) is 8.33. The Labute approximate surface area is 71.5 Å². The van der Waals surface area contributed by atoms with Crippen LogP contribution in [0.5, 0.6) is 0 Å². The van der Waals surface area contributed by atoms with Gasteiger partial charge in [-0.05, 0) is 31.1 Å². The third-order valence-corrected chi connectivity index (χ3v) is 2.67. The quantitative estimate of drug-likeness (QED) is 0.469. The van der Waals surface area contributed by atoms with Gasteiger partial charge in [-0.2, -0.15) is 0 Å². The van der Waals surface area contributed by atoms with Crippen molar-refractivity contribution in [1.29, 1.82) is 0 Å². The van der Waals surface area contributed by atoms with E-state index in [9.17, 15) is 0 Å².